The number of hydrogen-bond acceptors (Lipinski definition) is 3. The number of ketones is 2. The minimum atomic E-state index is -0.187. The second kappa shape index (κ2) is 14.3. The molecule has 0 radical (unpaired) electrons. The van der Waals surface area contributed by atoms with Gasteiger partial charge in [-0.15, -0.1) is 0 Å². The first-order valence-corrected chi connectivity index (χ1v) is 3.63. The van der Waals surface area contributed by atoms with Crippen molar-refractivity contribution >= 4 is 17.9 Å². The van der Waals surface area contributed by atoms with E-state index in [0.717, 1.165) is 19.1 Å². The number of carbonyl (C=O) groups is 3. The largest absolute Gasteiger partial charge is 2.00 e. The Labute approximate surface area is 98.4 Å². The Kier molecular flexibility index (Phi) is 20.4. The van der Waals surface area contributed by atoms with E-state index in [-0.39, 0.29) is 37.8 Å². The number of unbranched alkanes of at least 4 members (excludes halogenated alkanes) is 1. The molecule has 0 fully saturated rings. The van der Waals surface area contributed by atoms with Crippen molar-refractivity contribution in [1.29, 1.82) is 0 Å². The van der Waals surface area contributed by atoms with Gasteiger partial charge < -0.3 is 21.3 Å². The molecule has 3 nitrogen and oxygen atoms in total. The number of aldehydes is 1. The van der Waals surface area contributed by atoms with Crippen LogP contribution in [0.1, 0.15) is 26.7 Å². The van der Waals surface area contributed by atoms with Crippen LogP contribution < -0.4 is 0 Å². The average molecular weight is 261 g/mol. The molecule has 0 saturated carbocycles. The Morgan fingerprint density at radius 3 is 1.69 bits per heavy atom. The van der Waals surface area contributed by atoms with Crippen LogP contribution in [-0.2, 0) is 40.6 Å². The second-order valence-corrected chi connectivity index (χ2v) is 2.17. The van der Waals surface area contributed by atoms with Crippen molar-refractivity contribution in [3.8, 4) is 0 Å². The van der Waals surface area contributed by atoms with Gasteiger partial charge in [0.25, 0.3) is 0 Å². The zero-order valence-electron chi connectivity index (χ0n) is 8.00. The van der Waals surface area contributed by atoms with Gasteiger partial charge in [0.1, 0.15) is 6.29 Å². The molecule has 0 aromatic rings. The summed E-state index contributed by atoms with van der Waals surface area (Å²) in [6, 6.07) is 0. The van der Waals surface area contributed by atoms with E-state index in [0.29, 0.717) is 6.42 Å². The van der Waals surface area contributed by atoms with E-state index in [1.807, 2.05) is 0 Å². The van der Waals surface area contributed by atoms with Gasteiger partial charge in [-0.1, -0.05) is 0 Å². The summed E-state index contributed by atoms with van der Waals surface area (Å²) in [7, 11) is 0. The van der Waals surface area contributed by atoms with Gasteiger partial charge in [-0.25, -0.2) is 0 Å². The smallest absolute Gasteiger partial charge is 0.343 e. The SMILES string of the molecule is CC(=O)[CH-]C(C)=O.[CH2-]CCC=O.[Zr+2]. The van der Waals surface area contributed by atoms with Crippen molar-refractivity contribution in [1.82, 2.24) is 0 Å². The summed E-state index contributed by atoms with van der Waals surface area (Å²) in [6.07, 6.45) is 3.25. The maximum absolute atomic E-state index is 9.98. The van der Waals surface area contributed by atoms with Gasteiger partial charge in [0.05, 0.1) is 0 Å². The molecule has 0 aliphatic rings. The van der Waals surface area contributed by atoms with Crippen LogP contribution >= 0.6 is 0 Å². The fourth-order valence-electron chi connectivity index (χ4n) is 0.370. The third kappa shape index (κ3) is 33.8. The number of carbonyl (C=O) groups excluding carboxylic acids is 3. The van der Waals surface area contributed by atoms with Crippen molar-refractivity contribution in [3.05, 3.63) is 13.3 Å². The molecule has 0 aliphatic carbocycles. The summed E-state index contributed by atoms with van der Waals surface area (Å²) in [5, 5.41) is 0. The van der Waals surface area contributed by atoms with E-state index >= 15 is 0 Å². The van der Waals surface area contributed by atoms with E-state index < -0.39 is 0 Å². The molecule has 0 aromatic carbocycles. The van der Waals surface area contributed by atoms with Crippen LogP contribution in [0.2, 0.25) is 0 Å². The molecular weight excluding hydrogens is 247 g/mol. The van der Waals surface area contributed by atoms with Gasteiger partial charge in [-0.3, -0.25) is 6.42 Å². The summed E-state index contributed by atoms with van der Waals surface area (Å²) in [4.78, 5) is 29.3. The van der Waals surface area contributed by atoms with Crippen LogP contribution in [0.15, 0.2) is 0 Å². The molecule has 0 unspecified atom stereocenters. The molecule has 4 heteroatoms. The zero-order chi connectivity index (χ0) is 9.98. The number of Topliss-reactive ketones (excluding diaryl/α,β-unsaturated/α-hetero) is 2. The van der Waals surface area contributed by atoms with E-state index in [2.05, 4.69) is 6.92 Å². The maximum atomic E-state index is 9.98. The number of rotatable bonds is 4. The summed E-state index contributed by atoms with van der Waals surface area (Å²) in [5.41, 5.74) is 0. The first-order chi connectivity index (χ1) is 5.54. The summed E-state index contributed by atoms with van der Waals surface area (Å²) in [6.45, 7) is 6.14. The van der Waals surface area contributed by atoms with Crippen LogP contribution in [0.25, 0.3) is 0 Å². The molecule has 0 spiro atoms. The van der Waals surface area contributed by atoms with Gasteiger partial charge in [0.2, 0.25) is 0 Å². The first kappa shape index (κ1) is 18.5. The normalized spacial score (nSPS) is 7.00. The quantitative estimate of drug-likeness (QED) is 0.433. The van der Waals surface area contributed by atoms with Crippen LogP contribution in [0, 0.1) is 13.3 Å². The third-order valence-electron chi connectivity index (χ3n) is 0.729. The summed E-state index contributed by atoms with van der Waals surface area (Å²) >= 11 is 0. The molecule has 0 aliphatic heterocycles. The van der Waals surface area contributed by atoms with Crippen LogP contribution in [-0.4, -0.2) is 17.9 Å². The van der Waals surface area contributed by atoms with E-state index in [9.17, 15) is 14.4 Å². The second-order valence-electron chi connectivity index (χ2n) is 2.17. The molecule has 72 valence electrons. The Hall–Kier alpha value is -0.237. The minimum absolute atomic E-state index is 0. The predicted octanol–water partition coefficient (Wildman–Crippen LogP) is 1.17. The summed E-state index contributed by atoms with van der Waals surface area (Å²) in [5.74, 6) is -0.375. The van der Waals surface area contributed by atoms with E-state index in [1.165, 1.54) is 13.8 Å². The molecule has 0 bridgehead atoms. The van der Waals surface area contributed by atoms with Gasteiger partial charge in [-0.05, 0) is 20.3 Å². The molecule has 0 atom stereocenters. The van der Waals surface area contributed by atoms with Crippen molar-refractivity contribution < 1.29 is 40.6 Å². The first-order valence-electron chi connectivity index (χ1n) is 3.63. The van der Waals surface area contributed by atoms with E-state index in [4.69, 9.17) is 0 Å². The number of hydrogen-bond donors (Lipinski definition) is 0. The van der Waals surface area contributed by atoms with Crippen LogP contribution in [0.5, 0.6) is 0 Å². The van der Waals surface area contributed by atoms with Crippen molar-refractivity contribution in [2.24, 2.45) is 0 Å². The van der Waals surface area contributed by atoms with Crippen molar-refractivity contribution in [2.45, 2.75) is 26.7 Å². The Morgan fingerprint density at radius 1 is 1.31 bits per heavy atom. The van der Waals surface area contributed by atoms with Gasteiger partial charge in [0.15, 0.2) is 0 Å². The Bertz CT molecular complexity index is 143. The van der Waals surface area contributed by atoms with Gasteiger partial charge in [-0.2, -0.15) is 6.42 Å². The summed E-state index contributed by atoms with van der Waals surface area (Å²) < 4.78 is 0. The standard InChI is InChI=1S/C5H7O2.C4H7O.Zr/c1-4(6)3-5(2)7;1-2-3-4-5;/h3H,1-2H3;4H,1-3H2;/q2*-1;+2. The van der Waals surface area contributed by atoms with E-state index in [1.54, 1.807) is 0 Å². The van der Waals surface area contributed by atoms with Gasteiger partial charge in [0, 0.05) is 11.6 Å². The monoisotopic (exact) mass is 260 g/mol. The predicted molar refractivity (Wildman–Crippen MR) is 46.3 cm³/mol. The molecule has 0 amide bonds. The fourth-order valence-corrected chi connectivity index (χ4v) is 0.370. The molecule has 0 aromatic heterocycles. The third-order valence-corrected chi connectivity index (χ3v) is 0.729. The molecular formula is C9H14O3Zr. The maximum Gasteiger partial charge on any atom is 2.00 e. The molecule has 0 N–H and O–H groups in total. The van der Waals surface area contributed by atoms with Gasteiger partial charge >= 0.3 is 26.2 Å². The van der Waals surface area contributed by atoms with Crippen molar-refractivity contribution in [2.75, 3.05) is 0 Å². The topological polar surface area (TPSA) is 51.2 Å². The molecule has 0 rings (SSSR count). The van der Waals surface area contributed by atoms with Crippen molar-refractivity contribution in [3.63, 3.8) is 0 Å². The Balaban J connectivity index is -0.000000150. The minimum Gasteiger partial charge on any atom is -0.343 e. The molecule has 13 heavy (non-hydrogen) atoms. The fraction of sp³-hybridized carbons (Fsp3) is 0.444. The average Bonchev–Trinajstić information content (AvgIpc) is 1.87. The zero-order valence-corrected chi connectivity index (χ0v) is 10.5. The van der Waals surface area contributed by atoms with Crippen LogP contribution in [0.3, 0.4) is 0 Å². The molecule has 0 heterocycles. The molecule has 0 saturated heterocycles. The Morgan fingerprint density at radius 2 is 1.69 bits per heavy atom. The van der Waals surface area contributed by atoms with Crippen LogP contribution in [0.4, 0.5) is 0 Å².